The summed E-state index contributed by atoms with van der Waals surface area (Å²) < 4.78 is 5.55. The molecule has 4 heteroatoms. The minimum Gasteiger partial charge on any atom is -0.484 e. The van der Waals surface area contributed by atoms with Gasteiger partial charge in [-0.15, -0.1) is 0 Å². The van der Waals surface area contributed by atoms with Gasteiger partial charge in [0.05, 0.1) is 0 Å². The first-order chi connectivity index (χ1) is 9.19. The number of hydrogen-bond donors (Lipinski definition) is 1. The molecule has 0 radical (unpaired) electrons. The van der Waals surface area contributed by atoms with Crippen LogP contribution in [0.4, 0.5) is 0 Å². The van der Waals surface area contributed by atoms with Crippen molar-refractivity contribution in [3.63, 3.8) is 0 Å². The number of nitrogens with one attached hydrogen (secondary N) is 1. The minimum atomic E-state index is 0.0834. The Balaban J connectivity index is 1.79. The molecule has 0 saturated carbocycles. The average molecular weight is 262 g/mol. The van der Waals surface area contributed by atoms with Crippen molar-refractivity contribution in [2.45, 2.75) is 13.3 Å². The summed E-state index contributed by atoms with van der Waals surface area (Å²) in [5.41, 5.74) is 1.14. The van der Waals surface area contributed by atoms with E-state index >= 15 is 0 Å². The molecular weight excluding hydrogens is 240 g/mol. The van der Waals surface area contributed by atoms with Gasteiger partial charge in [0.2, 0.25) is 0 Å². The second kappa shape index (κ2) is 6.57. The molecule has 4 nitrogen and oxygen atoms in total. The normalized spacial score (nSPS) is 18.6. The maximum atomic E-state index is 12.0. The molecule has 2 rings (SSSR count). The van der Waals surface area contributed by atoms with Crippen LogP contribution in [0.15, 0.2) is 24.3 Å². The van der Waals surface area contributed by atoms with Gasteiger partial charge < -0.3 is 15.0 Å². The topological polar surface area (TPSA) is 41.6 Å². The first-order valence-electron chi connectivity index (χ1n) is 6.81. The van der Waals surface area contributed by atoms with Gasteiger partial charge in [0, 0.05) is 13.1 Å². The molecule has 1 aromatic rings. The summed E-state index contributed by atoms with van der Waals surface area (Å²) in [5.74, 6) is 1.42. The molecule has 1 amide bonds. The van der Waals surface area contributed by atoms with Crippen LogP contribution < -0.4 is 10.1 Å². The van der Waals surface area contributed by atoms with Crippen molar-refractivity contribution in [2.75, 3.05) is 33.3 Å². The zero-order valence-electron chi connectivity index (χ0n) is 11.7. The fourth-order valence-electron chi connectivity index (χ4n) is 2.46. The van der Waals surface area contributed by atoms with Crippen LogP contribution in [0.1, 0.15) is 12.0 Å². The highest BCUT2D eigenvalue weighted by molar-refractivity contribution is 5.78. The van der Waals surface area contributed by atoms with Crippen LogP contribution in [-0.2, 0) is 4.79 Å². The van der Waals surface area contributed by atoms with Crippen molar-refractivity contribution in [1.29, 1.82) is 0 Å². The fourth-order valence-corrected chi connectivity index (χ4v) is 2.46. The van der Waals surface area contributed by atoms with E-state index in [9.17, 15) is 4.79 Å². The van der Waals surface area contributed by atoms with Gasteiger partial charge in [0.1, 0.15) is 5.75 Å². The predicted molar refractivity (Wildman–Crippen MR) is 75.3 cm³/mol. The molecule has 1 heterocycles. The summed E-state index contributed by atoms with van der Waals surface area (Å²) in [5, 5.41) is 3.16. The van der Waals surface area contributed by atoms with E-state index in [0.29, 0.717) is 5.92 Å². The van der Waals surface area contributed by atoms with Crippen molar-refractivity contribution in [2.24, 2.45) is 5.92 Å². The van der Waals surface area contributed by atoms with Gasteiger partial charge in [-0.25, -0.2) is 0 Å². The molecule has 1 aliphatic rings. The van der Waals surface area contributed by atoms with Gasteiger partial charge in [-0.1, -0.05) is 12.1 Å². The molecule has 1 saturated heterocycles. The summed E-state index contributed by atoms with van der Waals surface area (Å²) in [4.78, 5) is 13.9. The molecule has 0 aromatic heterocycles. The van der Waals surface area contributed by atoms with Gasteiger partial charge in [0.25, 0.3) is 5.91 Å². The van der Waals surface area contributed by atoms with Gasteiger partial charge in [-0.2, -0.15) is 0 Å². The van der Waals surface area contributed by atoms with Gasteiger partial charge in [0.15, 0.2) is 6.61 Å². The highest BCUT2D eigenvalue weighted by Gasteiger charge is 2.25. The first-order valence-corrected chi connectivity index (χ1v) is 6.81. The highest BCUT2D eigenvalue weighted by Crippen LogP contribution is 2.16. The maximum absolute atomic E-state index is 12.0. The maximum Gasteiger partial charge on any atom is 0.260 e. The Morgan fingerprint density at radius 3 is 3.11 bits per heavy atom. The standard InChI is InChI=1S/C15H22N2O2/c1-12-4-3-5-14(8-12)19-11-15(18)17-7-6-13(10-17)9-16-2/h3-5,8,13,16H,6-7,9-11H2,1-2H3/t13-/m0/s1. The molecule has 1 N–H and O–H groups in total. The van der Waals surface area contributed by atoms with Gasteiger partial charge >= 0.3 is 0 Å². The number of benzene rings is 1. The lowest BCUT2D eigenvalue weighted by molar-refractivity contribution is -0.132. The van der Waals surface area contributed by atoms with E-state index in [0.717, 1.165) is 37.4 Å². The zero-order valence-corrected chi connectivity index (χ0v) is 11.7. The smallest absolute Gasteiger partial charge is 0.260 e. The van der Waals surface area contributed by atoms with Crippen LogP contribution in [0.3, 0.4) is 0 Å². The largest absolute Gasteiger partial charge is 0.484 e. The third-order valence-corrected chi connectivity index (χ3v) is 3.48. The van der Waals surface area contributed by atoms with E-state index in [2.05, 4.69) is 5.32 Å². The SMILES string of the molecule is CNC[C@@H]1CCN(C(=O)COc2cccc(C)c2)C1. The number of ether oxygens (including phenoxy) is 1. The van der Waals surface area contributed by atoms with Crippen LogP contribution in [0, 0.1) is 12.8 Å². The summed E-state index contributed by atoms with van der Waals surface area (Å²) in [6.07, 6.45) is 1.08. The molecule has 19 heavy (non-hydrogen) atoms. The molecule has 1 fully saturated rings. The van der Waals surface area contributed by atoms with Crippen molar-refractivity contribution in [3.8, 4) is 5.75 Å². The van der Waals surface area contributed by atoms with E-state index in [-0.39, 0.29) is 12.5 Å². The van der Waals surface area contributed by atoms with E-state index in [1.165, 1.54) is 0 Å². The van der Waals surface area contributed by atoms with E-state index < -0.39 is 0 Å². The Hall–Kier alpha value is -1.55. The van der Waals surface area contributed by atoms with Crippen molar-refractivity contribution >= 4 is 5.91 Å². The molecule has 0 aliphatic carbocycles. The lowest BCUT2D eigenvalue weighted by Crippen LogP contribution is -2.34. The zero-order chi connectivity index (χ0) is 13.7. The van der Waals surface area contributed by atoms with Gasteiger partial charge in [-0.3, -0.25) is 4.79 Å². The molecule has 0 unspecified atom stereocenters. The number of carbonyl (C=O) groups is 1. The summed E-state index contributed by atoms with van der Waals surface area (Å²) in [6.45, 7) is 4.81. The monoisotopic (exact) mass is 262 g/mol. The van der Waals surface area contributed by atoms with Crippen LogP contribution >= 0.6 is 0 Å². The summed E-state index contributed by atoms with van der Waals surface area (Å²) in [6, 6.07) is 7.78. The first kappa shape index (κ1) is 13.9. The van der Waals surface area contributed by atoms with Crippen LogP contribution in [0.2, 0.25) is 0 Å². The molecule has 1 aliphatic heterocycles. The number of nitrogens with zero attached hydrogens (tertiary/aromatic N) is 1. The Kier molecular flexibility index (Phi) is 4.80. The van der Waals surface area contributed by atoms with E-state index in [1.807, 2.05) is 43.1 Å². The van der Waals surface area contributed by atoms with E-state index in [4.69, 9.17) is 4.74 Å². The molecular formula is C15H22N2O2. The summed E-state index contributed by atoms with van der Waals surface area (Å²) >= 11 is 0. The van der Waals surface area contributed by atoms with Crippen molar-refractivity contribution in [3.05, 3.63) is 29.8 Å². The second-order valence-electron chi connectivity index (χ2n) is 5.16. The Labute approximate surface area is 114 Å². The van der Waals surface area contributed by atoms with E-state index in [1.54, 1.807) is 0 Å². The van der Waals surface area contributed by atoms with Crippen LogP contribution in [-0.4, -0.2) is 44.1 Å². The second-order valence-corrected chi connectivity index (χ2v) is 5.16. The third kappa shape index (κ3) is 3.96. The number of rotatable bonds is 5. The third-order valence-electron chi connectivity index (χ3n) is 3.48. The molecule has 1 atom stereocenters. The summed E-state index contributed by atoms with van der Waals surface area (Å²) in [7, 11) is 1.95. The number of aryl methyl sites for hydroxylation is 1. The Morgan fingerprint density at radius 1 is 1.53 bits per heavy atom. The van der Waals surface area contributed by atoms with Gasteiger partial charge in [-0.05, 0) is 50.6 Å². The number of carbonyl (C=O) groups excluding carboxylic acids is 1. The Bertz CT molecular complexity index is 434. The molecule has 104 valence electrons. The minimum absolute atomic E-state index is 0.0834. The van der Waals surface area contributed by atoms with Crippen LogP contribution in [0.5, 0.6) is 5.75 Å². The fraction of sp³-hybridized carbons (Fsp3) is 0.533. The predicted octanol–water partition coefficient (Wildman–Crippen LogP) is 1.44. The quantitative estimate of drug-likeness (QED) is 0.873. The Morgan fingerprint density at radius 2 is 2.37 bits per heavy atom. The average Bonchev–Trinajstić information content (AvgIpc) is 2.85. The highest BCUT2D eigenvalue weighted by atomic mass is 16.5. The van der Waals surface area contributed by atoms with Crippen LogP contribution in [0.25, 0.3) is 0 Å². The number of hydrogen-bond acceptors (Lipinski definition) is 3. The van der Waals surface area contributed by atoms with Crippen molar-refractivity contribution in [1.82, 2.24) is 10.2 Å². The van der Waals surface area contributed by atoms with Crippen molar-refractivity contribution < 1.29 is 9.53 Å². The molecule has 1 aromatic carbocycles. The lowest BCUT2D eigenvalue weighted by atomic mass is 10.1. The number of amides is 1. The molecule has 0 spiro atoms. The number of likely N-dealkylation sites (tertiary alicyclic amines) is 1. The lowest BCUT2D eigenvalue weighted by Gasteiger charge is -2.17. The molecule has 0 bridgehead atoms.